The first-order valence-corrected chi connectivity index (χ1v) is 9.11. The molecule has 0 bridgehead atoms. The number of hydrogen-bond donors (Lipinski definition) is 1. The number of nitrogens with one attached hydrogen (secondary N) is 1. The molecule has 0 saturated heterocycles. The molecule has 0 aliphatic carbocycles. The fraction of sp³-hybridized carbons (Fsp3) is 0.286. The van der Waals surface area contributed by atoms with Crippen LogP contribution < -0.4 is 5.56 Å². The molecule has 1 aliphatic rings. The van der Waals surface area contributed by atoms with Crippen LogP contribution in [0, 0.1) is 13.8 Å². The minimum atomic E-state index is -0.0897. The van der Waals surface area contributed by atoms with E-state index in [1.165, 1.54) is 0 Å². The summed E-state index contributed by atoms with van der Waals surface area (Å²) in [5.41, 5.74) is 5.81. The van der Waals surface area contributed by atoms with Crippen molar-refractivity contribution in [1.82, 2.24) is 19.7 Å². The van der Waals surface area contributed by atoms with Gasteiger partial charge in [0.15, 0.2) is 0 Å². The van der Waals surface area contributed by atoms with Crippen LogP contribution in [-0.4, -0.2) is 32.1 Å². The largest absolute Gasteiger partial charge is 0.338 e. The highest BCUT2D eigenvalue weighted by Gasteiger charge is 2.23. The average Bonchev–Trinajstić information content (AvgIpc) is 2.96. The maximum Gasteiger partial charge on any atom is 0.248 e. The van der Waals surface area contributed by atoms with Crippen molar-refractivity contribution in [1.29, 1.82) is 0 Å². The van der Waals surface area contributed by atoms with Gasteiger partial charge in [-0.25, -0.2) is 4.68 Å². The maximum absolute atomic E-state index is 12.9. The fourth-order valence-electron chi connectivity index (χ4n) is 3.69. The molecular weight excluding hydrogens is 340 g/mol. The number of benzene rings is 1. The maximum atomic E-state index is 12.9. The number of hydrogen-bond acceptors (Lipinski definition) is 3. The second-order valence-electron chi connectivity index (χ2n) is 6.99. The highest BCUT2D eigenvalue weighted by Crippen LogP contribution is 2.21. The first-order chi connectivity index (χ1) is 13.0. The summed E-state index contributed by atoms with van der Waals surface area (Å²) in [5.74, 6) is 0.0886. The van der Waals surface area contributed by atoms with Gasteiger partial charge in [0.2, 0.25) is 11.5 Å². The van der Waals surface area contributed by atoms with Gasteiger partial charge in [-0.15, -0.1) is 0 Å². The Kier molecular flexibility index (Phi) is 4.39. The quantitative estimate of drug-likeness (QED) is 0.777. The second kappa shape index (κ2) is 6.87. The molecule has 1 aliphatic heterocycles. The molecule has 1 amide bonds. The van der Waals surface area contributed by atoms with Gasteiger partial charge in [0.1, 0.15) is 0 Å². The van der Waals surface area contributed by atoms with E-state index in [0.29, 0.717) is 25.9 Å². The number of fused-ring (bicyclic) bond motifs is 1. The van der Waals surface area contributed by atoms with E-state index in [4.69, 9.17) is 0 Å². The number of aryl methyl sites for hydroxylation is 1. The van der Waals surface area contributed by atoms with Crippen molar-refractivity contribution in [3.8, 4) is 5.69 Å². The van der Waals surface area contributed by atoms with Crippen LogP contribution in [0.3, 0.4) is 0 Å². The van der Waals surface area contributed by atoms with Gasteiger partial charge < -0.3 is 9.88 Å². The Balaban J connectivity index is 1.55. The lowest BCUT2D eigenvalue weighted by atomic mass is 10.0. The number of carbonyl (C=O) groups is 1. The Morgan fingerprint density at radius 1 is 1.19 bits per heavy atom. The molecule has 138 valence electrons. The fourth-order valence-corrected chi connectivity index (χ4v) is 3.69. The lowest BCUT2D eigenvalue weighted by Crippen LogP contribution is -2.37. The van der Waals surface area contributed by atoms with Crippen molar-refractivity contribution in [3.63, 3.8) is 0 Å². The normalized spacial score (nSPS) is 13.5. The van der Waals surface area contributed by atoms with E-state index < -0.39 is 0 Å². The van der Waals surface area contributed by atoms with Crippen LogP contribution in [0.1, 0.15) is 28.1 Å². The molecule has 4 rings (SSSR count). The van der Waals surface area contributed by atoms with Crippen LogP contribution in [0.4, 0.5) is 0 Å². The molecule has 2 aromatic heterocycles. The second-order valence-corrected chi connectivity index (χ2v) is 6.99. The minimum absolute atomic E-state index is 0.0886. The number of aromatic nitrogens is 3. The van der Waals surface area contributed by atoms with E-state index in [1.54, 1.807) is 12.3 Å². The van der Waals surface area contributed by atoms with Crippen LogP contribution in [0.15, 0.2) is 47.4 Å². The lowest BCUT2D eigenvalue weighted by Gasteiger charge is -2.28. The van der Waals surface area contributed by atoms with Crippen molar-refractivity contribution >= 4 is 5.91 Å². The monoisotopic (exact) mass is 362 g/mol. The van der Waals surface area contributed by atoms with E-state index in [-0.39, 0.29) is 11.5 Å². The summed E-state index contributed by atoms with van der Waals surface area (Å²) in [6, 6.07) is 11.6. The van der Waals surface area contributed by atoms with Crippen LogP contribution in [0.25, 0.3) is 5.69 Å². The van der Waals surface area contributed by atoms with E-state index >= 15 is 0 Å². The summed E-state index contributed by atoms with van der Waals surface area (Å²) in [6.07, 6.45) is 2.77. The van der Waals surface area contributed by atoms with Crippen molar-refractivity contribution in [2.75, 3.05) is 6.54 Å². The third kappa shape index (κ3) is 3.30. The van der Waals surface area contributed by atoms with Crippen LogP contribution in [-0.2, 0) is 24.2 Å². The molecule has 6 heteroatoms. The Labute approximate surface area is 157 Å². The summed E-state index contributed by atoms with van der Waals surface area (Å²) in [5, 5.41) is 4.63. The Morgan fingerprint density at radius 3 is 2.74 bits per heavy atom. The number of pyridine rings is 1. The summed E-state index contributed by atoms with van der Waals surface area (Å²) in [4.78, 5) is 28.9. The third-order valence-corrected chi connectivity index (χ3v) is 5.24. The summed E-state index contributed by atoms with van der Waals surface area (Å²) in [7, 11) is 0. The van der Waals surface area contributed by atoms with Gasteiger partial charge >= 0.3 is 0 Å². The standard InChI is InChI=1S/C21H22N4O2/c1-14-19(15(2)25(23-14)18-6-4-3-5-7-18)11-21(27)24-9-8-16-10-20(26)22-12-17(16)13-24/h3-7,10,12H,8-9,11,13H2,1-2H3,(H,22,26). The molecule has 1 N–H and O–H groups in total. The van der Waals surface area contributed by atoms with Gasteiger partial charge in [-0.2, -0.15) is 5.10 Å². The molecule has 0 spiro atoms. The highest BCUT2D eigenvalue weighted by atomic mass is 16.2. The number of aromatic amines is 1. The number of nitrogens with zero attached hydrogens (tertiary/aromatic N) is 3. The number of rotatable bonds is 3. The smallest absolute Gasteiger partial charge is 0.248 e. The number of para-hydroxylation sites is 1. The Morgan fingerprint density at radius 2 is 1.96 bits per heavy atom. The van der Waals surface area contributed by atoms with E-state index in [2.05, 4.69) is 10.1 Å². The van der Waals surface area contributed by atoms with Crippen molar-refractivity contribution in [2.45, 2.75) is 33.2 Å². The molecule has 0 unspecified atom stereocenters. The molecular formula is C21H22N4O2. The van der Waals surface area contributed by atoms with Gasteiger partial charge in [-0.1, -0.05) is 18.2 Å². The highest BCUT2D eigenvalue weighted by molar-refractivity contribution is 5.79. The SMILES string of the molecule is Cc1nn(-c2ccccc2)c(C)c1CC(=O)N1CCc2cc(=O)[nH]cc2C1. The van der Waals surface area contributed by atoms with Gasteiger partial charge in [-0.05, 0) is 43.5 Å². The van der Waals surface area contributed by atoms with Crippen LogP contribution in [0.5, 0.6) is 0 Å². The average molecular weight is 362 g/mol. The first-order valence-electron chi connectivity index (χ1n) is 9.11. The van der Waals surface area contributed by atoms with Gasteiger partial charge in [0.25, 0.3) is 0 Å². The minimum Gasteiger partial charge on any atom is -0.338 e. The Bertz CT molecular complexity index is 1050. The molecule has 3 heterocycles. The number of H-pyrrole nitrogens is 1. The van der Waals surface area contributed by atoms with Gasteiger partial charge in [-0.3, -0.25) is 9.59 Å². The molecule has 0 saturated carbocycles. The zero-order chi connectivity index (χ0) is 19.0. The molecule has 1 aromatic carbocycles. The molecule has 0 fully saturated rings. The molecule has 0 radical (unpaired) electrons. The molecule has 3 aromatic rings. The third-order valence-electron chi connectivity index (χ3n) is 5.24. The summed E-state index contributed by atoms with van der Waals surface area (Å²) < 4.78 is 1.90. The van der Waals surface area contributed by atoms with Gasteiger partial charge in [0, 0.05) is 36.6 Å². The van der Waals surface area contributed by atoms with Crippen molar-refractivity contribution in [3.05, 3.63) is 81.0 Å². The zero-order valence-electron chi connectivity index (χ0n) is 15.5. The number of amides is 1. The topological polar surface area (TPSA) is 71.0 Å². The van der Waals surface area contributed by atoms with Crippen LogP contribution in [0.2, 0.25) is 0 Å². The van der Waals surface area contributed by atoms with E-state index in [9.17, 15) is 9.59 Å². The molecule has 27 heavy (non-hydrogen) atoms. The van der Waals surface area contributed by atoms with Crippen molar-refractivity contribution in [2.24, 2.45) is 0 Å². The van der Waals surface area contributed by atoms with E-state index in [1.807, 2.05) is 53.8 Å². The predicted octanol–water partition coefficient (Wildman–Crippen LogP) is 2.30. The number of carbonyl (C=O) groups excluding carboxylic acids is 1. The summed E-state index contributed by atoms with van der Waals surface area (Å²) in [6.45, 7) is 5.13. The van der Waals surface area contributed by atoms with Crippen LogP contribution >= 0.6 is 0 Å². The van der Waals surface area contributed by atoms with Gasteiger partial charge in [0.05, 0.1) is 17.8 Å². The van der Waals surface area contributed by atoms with Crippen molar-refractivity contribution < 1.29 is 4.79 Å². The zero-order valence-corrected chi connectivity index (χ0v) is 15.5. The Hall–Kier alpha value is -3.15. The molecule has 6 nitrogen and oxygen atoms in total. The van der Waals surface area contributed by atoms with E-state index in [0.717, 1.165) is 33.8 Å². The molecule has 0 atom stereocenters. The summed E-state index contributed by atoms with van der Waals surface area (Å²) >= 11 is 0. The predicted molar refractivity (Wildman–Crippen MR) is 103 cm³/mol. The lowest BCUT2D eigenvalue weighted by molar-refractivity contribution is -0.131. The first kappa shape index (κ1) is 17.3.